The number of likely N-dealkylation sites (N-methyl/N-ethyl adjacent to an activating group) is 1. The average Bonchev–Trinajstić information content (AvgIpc) is 2.37. The van der Waals surface area contributed by atoms with Gasteiger partial charge in [-0.2, -0.15) is 0 Å². The molecule has 1 aliphatic rings. The minimum atomic E-state index is -0.0504. The third kappa shape index (κ3) is 3.09. The van der Waals surface area contributed by atoms with Crippen LogP contribution in [0.15, 0.2) is 16.7 Å². The normalized spacial score (nSPS) is 24.6. The number of pyridine rings is 1. The molecular formula is C13H17BrClN3O. The first-order valence-corrected chi connectivity index (χ1v) is 7.39. The largest absolute Gasteiger partial charge is 0.335 e. The van der Waals surface area contributed by atoms with Crippen molar-refractivity contribution in [3.8, 4) is 0 Å². The Balaban J connectivity index is 2.22. The number of hydrogen-bond donors (Lipinski definition) is 0. The van der Waals surface area contributed by atoms with Crippen LogP contribution in [0.2, 0.25) is 5.15 Å². The molecule has 1 aromatic heterocycles. The van der Waals surface area contributed by atoms with Gasteiger partial charge in [0.1, 0.15) is 5.15 Å². The van der Waals surface area contributed by atoms with Gasteiger partial charge in [0, 0.05) is 35.8 Å². The van der Waals surface area contributed by atoms with Gasteiger partial charge in [0.05, 0.1) is 5.56 Å². The summed E-state index contributed by atoms with van der Waals surface area (Å²) in [5.74, 6) is -0.0504. The van der Waals surface area contributed by atoms with E-state index in [4.69, 9.17) is 11.6 Å². The van der Waals surface area contributed by atoms with Crippen LogP contribution in [0.4, 0.5) is 0 Å². The topological polar surface area (TPSA) is 36.4 Å². The number of piperazine rings is 1. The summed E-state index contributed by atoms with van der Waals surface area (Å²) in [4.78, 5) is 20.7. The monoisotopic (exact) mass is 345 g/mol. The van der Waals surface area contributed by atoms with Gasteiger partial charge < -0.3 is 4.90 Å². The molecule has 1 saturated heterocycles. The Hall–Kier alpha value is -0.650. The van der Waals surface area contributed by atoms with E-state index >= 15 is 0 Å². The van der Waals surface area contributed by atoms with Crippen LogP contribution >= 0.6 is 27.5 Å². The van der Waals surface area contributed by atoms with Gasteiger partial charge in [-0.15, -0.1) is 0 Å². The second-order valence-corrected chi connectivity index (χ2v) is 6.34. The van der Waals surface area contributed by atoms with Crippen LogP contribution in [0.1, 0.15) is 24.2 Å². The summed E-state index contributed by atoms with van der Waals surface area (Å²) in [5.41, 5.74) is 0.458. The van der Waals surface area contributed by atoms with Crippen molar-refractivity contribution < 1.29 is 4.79 Å². The maximum atomic E-state index is 12.5. The van der Waals surface area contributed by atoms with E-state index in [0.717, 1.165) is 4.47 Å². The minimum Gasteiger partial charge on any atom is -0.335 e. The molecule has 0 N–H and O–H groups in total. The Morgan fingerprint density at radius 2 is 2.00 bits per heavy atom. The van der Waals surface area contributed by atoms with Gasteiger partial charge in [-0.3, -0.25) is 9.69 Å². The summed E-state index contributed by atoms with van der Waals surface area (Å²) < 4.78 is 0.760. The molecule has 0 aliphatic carbocycles. The number of amides is 1. The van der Waals surface area contributed by atoms with Crippen molar-refractivity contribution in [2.45, 2.75) is 25.9 Å². The van der Waals surface area contributed by atoms with Crippen molar-refractivity contribution in [3.63, 3.8) is 0 Å². The minimum absolute atomic E-state index is 0.0504. The summed E-state index contributed by atoms with van der Waals surface area (Å²) >= 11 is 9.34. The fourth-order valence-electron chi connectivity index (χ4n) is 2.31. The molecule has 2 rings (SSSR count). The lowest BCUT2D eigenvalue weighted by Crippen LogP contribution is -2.56. The van der Waals surface area contributed by atoms with Crippen LogP contribution in [0, 0.1) is 0 Å². The SMILES string of the molecule is CC1CN(C(=O)c2cc(Br)cnc2Cl)CC(C)N1C. The van der Waals surface area contributed by atoms with Gasteiger partial charge in [-0.05, 0) is 42.9 Å². The molecule has 0 bridgehead atoms. The molecule has 4 nitrogen and oxygen atoms in total. The smallest absolute Gasteiger partial charge is 0.257 e. The van der Waals surface area contributed by atoms with E-state index in [9.17, 15) is 4.79 Å². The average molecular weight is 347 g/mol. The quantitative estimate of drug-likeness (QED) is 0.734. The summed E-state index contributed by atoms with van der Waals surface area (Å²) in [6.07, 6.45) is 1.59. The zero-order chi connectivity index (χ0) is 14.2. The molecule has 2 heterocycles. The first-order valence-electron chi connectivity index (χ1n) is 6.22. The van der Waals surface area contributed by atoms with Crippen LogP contribution in [-0.2, 0) is 0 Å². The molecule has 1 aromatic rings. The molecule has 1 amide bonds. The van der Waals surface area contributed by atoms with Crippen LogP contribution < -0.4 is 0 Å². The Morgan fingerprint density at radius 1 is 1.42 bits per heavy atom. The Kier molecular flexibility index (Phi) is 4.48. The molecule has 0 saturated carbocycles. The highest BCUT2D eigenvalue weighted by atomic mass is 79.9. The zero-order valence-corrected chi connectivity index (χ0v) is 13.6. The summed E-state index contributed by atoms with van der Waals surface area (Å²) in [5, 5.41) is 0.257. The van der Waals surface area contributed by atoms with Crippen molar-refractivity contribution in [1.82, 2.24) is 14.8 Å². The molecule has 0 radical (unpaired) electrons. The van der Waals surface area contributed by atoms with Crippen LogP contribution in [-0.4, -0.2) is 52.9 Å². The molecule has 104 valence electrons. The van der Waals surface area contributed by atoms with Crippen molar-refractivity contribution in [2.75, 3.05) is 20.1 Å². The Labute approximate surface area is 126 Å². The standard InChI is InChI=1S/C13H17BrClN3O/c1-8-6-18(7-9(2)17(8)3)13(19)11-4-10(14)5-16-12(11)15/h4-5,8-9H,6-7H2,1-3H3. The first kappa shape index (κ1) is 14.8. The zero-order valence-electron chi connectivity index (χ0n) is 11.2. The fraction of sp³-hybridized carbons (Fsp3) is 0.538. The van der Waals surface area contributed by atoms with Crippen LogP contribution in [0.3, 0.4) is 0 Å². The highest BCUT2D eigenvalue weighted by Gasteiger charge is 2.30. The third-order valence-electron chi connectivity index (χ3n) is 3.68. The van der Waals surface area contributed by atoms with E-state index in [0.29, 0.717) is 30.7 Å². The van der Waals surface area contributed by atoms with E-state index < -0.39 is 0 Å². The highest BCUT2D eigenvalue weighted by Crippen LogP contribution is 2.22. The van der Waals surface area contributed by atoms with Gasteiger partial charge in [0.25, 0.3) is 5.91 Å². The molecule has 2 atom stereocenters. The molecule has 1 fully saturated rings. The van der Waals surface area contributed by atoms with E-state index in [1.165, 1.54) is 0 Å². The molecule has 6 heteroatoms. The number of hydrogen-bond acceptors (Lipinski definition) is 3. The fourth-order valence-corrected chi connectivity index (χ4v) is 2.83. The van der Waals surface area contributed by atoms with Crippen molar-refractivity contribution in [2.24, 2.45) is 0 Å². The number of aromatic nitrogens is 1. The van der Waals surface area contributed by atoms with E-state index in [1.807, 2.05) is 4.90 Å². The lowest BCUT2D eigenvalue weighted by molar-refractivity contribution is 0.0414. The Morgan fingerprint density at radius 3 is 2.58 bits per heavy atom. The van der Waals surface area contributed by atoms with Gasteiger partial charge in [-0.1, -0.05) is 11.6 Å². The summed E-state index contributed by atoms with van der Waals surface area (Å²) in [6, 6.07) is 2.41. The molecule has 1 aliphatic heterocycles. The summed E-state index contributed by atoms with van der Waals surface area (Å²) in [7, 11) is 2.09. The number of carbonyl (C=O) groups excluding carboxylic acids is 1. The number of halogens is 2. The molecular weight excluding hydrogens is 330 g/mol. The first-order chi connectivity index (χ1) is 8.90. The molecule has 19 heavy (non-hydrogen) atoms. The predicted octanol–water partition coefficient (Wildman–Crippen LogP) is 2.66. The van der Waals surface area contributed by atoms with Crippen molar-refractivity contribution >= 4 is 33.4 Å². The third-order valence-corrected chi connectivity index (χ3v) is 4.42. The maximum absolute atomic E-state index is 12.5. The Bertz CT molecular complexity index is 485. The maximum Gasteiger partial charge on any atom is 0.257 e. The second kappa shape index (κ2) is 5.77. The van der Waals surface area contributed by atoms with Crippen molar-refractivity contribution in [1.29, 1.82) is 0 Å². The van der Waals surface area contributed by atoms with Crippen LogP contribution in [0.25, 0.3) is 0 Å². The number of nitrogens with zero attached hydrogens (tertiary/aromatic N) is 3. The predicted molar refractivity (Wildman–Crippen MR) is 79.5 cm³/mol. The number of carbonyl (C=O) groups is 1. The molecule has 0 spiro atoms. The molecule has 2 unspecified atom stereocenters. The van der Waals surface area contributed by atoms with E-state index in [2.05, 4.69) is 46.7 Å². The lowest BCUT2D eigenvalue weighted by atomic mass is 10.1. The van der Waals surface area contributed by atoms with Gasteiger partial charge >= 0.3 is 0 Å². The van der Waals surface area contributed by atoms with Gasteiger partial charge in [-0.25, -0.2) is 4.98 Å². The lowest BCUT2D eigenvalue weighted by Gasteiger charge is -2.42. The number of rotatable bonds is 1. The summed E-state index contributed by atoms with van der Waals surface area (Å²) in [6.45, 7) is 5.67. The van der Waals surface area contributed by atoms with Crippen LogP contribution in [0.5, 0.6) is 0 Å². The van der Waals surface area contributed by atoms with E-state index in [-0.39, 0.29) is 11.1 Å². The van der Waals surface area contributed by atoms with E-state index in [1.54, 1.807) is 12.3 Å². The highest BCUT2D eigenvalue weighted by molar-refractivity contribution is 9.10. The second-order valence-electron chi connectivity index (χ2n) is 5.07. The van der Waals surface area contributed by atoms with Crippen molar-refractivity contribution in [3.05, 3.63) is 27.5 Å². The molecule has 0 aromatic carbocycles. The van der Waals surface area contributed by atoms with Gasteiger partial charge in [0.2, 0.25) is 0 Å². The van der Waals surface area contributed by atoms with Gasteiger partial charge in [0.15, 0.2) is 0 Å².